The van der Waals surface area contributed by atoms with Crippen molar-refractivity contribution in [2.45, 2.75) is 12.5 Å². The molecule has 0 aliphatic heterocycles. The molecule has 0 amide bonds. The van der Waals surface area contributed by atoms with Crippen molar-refractivity contribution in [1.82, 2.24) is 15.1 Å². The average molecular weight is 284 g/mol. The zero-order chi connectivity index (χ0) is 13.1. The summed E-state index contributed by atoms with van der Waals surface area (Å²) in [5, 5.41) is 8.85. The lowest BCUT2D eigenvalue weighted by Crippen LogP contribution is -2.18. The van der Waals surface area contributed by atoms with E-state index in [-0.39, 0.29) is 6.04 Å². The van der Waals surface area contributed by atoms with Crippen LogP contribution in [-0.4, -0.2) is 16.8 Å². The van der Waals surface area contributed by atoms with Crippen molar-refractivity contribution in [3.05, 3.63) is 51.8 Å². The molecule has 0 spiro atoms. The molecular formula is C13H15Cl2N3. The first-order valence-electron chi connectivity index (χ1n) is 5.70. The molecule has 1 heterocycles. The summed E-state index contributed by atoms with van der Waals surface area (Å²) in [6.07, 6.45) is 4.58. The van der Waals surface area contributed by atoms with Crippen molar-refractivity contribution in [2.24, 2.45) is 7.05 Å². The third-order valence-corrected chi connectivity index (χ3v) is 3.65. The highest BCUT2D eigenvalue weighted by Crippen LogP contribution is 2.29. The van der Waals surface area contributed by atoms with Gasteiger partial charge in [0, 0.05) is 34.9 Å². The van der Waals surface area contributed by atoms with Gasteiger partial charge in [-0.1, -0.05) is 29.3 Å². The summed E-state index contributed by atoms with van der Waals surface area (Å²) in [5.41, 5.74) is 2.08. The second-order valence-corrected chi connectivity index (χ2v) is 5.01. The summed E-state index contributed by atoms with van der Waals surface area (Å²) in [7, 11) is 3.82. The summed E-state index contributed by atoms with van der Waals surface area (Å²) in [5.74, 6) is 0. The number of aryl methyl sites for hydroxylation is 1. The quantitative estimate of drug-likeness (QED) is 0.934. The summed E-state index contributed by atoms with van der Waals surface area (Å²) >= 11 is 12.4. The van der Waals surface area contributed by atoms with Crippen molar-refractivity contribution in [3.63, 3.8) is 0 Å². The molecule has 1 aromatic carbocycles. The lowest BCUT2D eigenvalue weighted by Gasteiger charge is -2.16. The number of nitrogens with zero attached hydrogens (tertiary/aromatic N) is 2. The van der Waals surface area contributed by atoms with E-state index >= 15 is 0 Å². The molecule has 2 aromatic rings. The monoisotopic (exact) mass is 283 g/mol. The van der Waals surface area contributed by atoms with Crippen LogP contribution in [0.5, 0.6) is 0 Å². The maximum atomic E-state index is 6.19. The van der Waals surface area contributed by atoms with Gasteiger partial charge in [-0.3, -0.25) is 4.68 Å². The molecule has 2 rings (SSSR count). The van der Waals surface area contributed by atoms with E-state index in [0.717, 1.165) is 17.5 Å². The van der Waals surface area contributed by atoms with E-state index in [1.165, 1.54) is 0 Å². The number of likely N-dealkylation sites (N-methyl/N-ethyl adjacent to an activating group) is 1. The van der Waals surface area contributed by atoms with Gasteiger partial charge < -0.3 is 5.32 Å². The molecule has 18 heavy (non-hydrogen) atoms. The second-order valence-electron chi connectivity index (χ2n) is 4.19. The van der Waals surface area contributed by atoms with Gasteiger partial charge in [0.15, 0.2) is 0 Å². The Morgan fingerprint density at radius 2 is 2.00 bits per heavy atom. The molecule has 0 saturated heterocycles. The number of rotatable bonds is 4. The van der Waals surface area contributed by atoms with Crippen LogP contribution in [0.1, 0.15) is 17.2 Å². The fourth-order valence-electron chi connectivity index (χ4n) is 1.94. The van der Waals surface area contributed by atoms with Crippen molar-refractivity contribution < 1.29 is 0 Å². The number of hydrogen-bond acceptors (Lipinski definition) is 2. The van der Waals surface area contributed by atoms with E-state index in [1.807, 2.05) is 44.7 Å². The Kier molecular flexibility index (Phi) is 4.27. The normalized spacial score (nSPS) is 12.7. The molecule has 1 aromatic heterocycles. The number of aromatic nitrogens is 2. The van der Waals surface area contributed by atoms with Gasteiger partial charge in [-0.25, -0.2) is 0 Å². The van der Waals surface area contributed by atoms with Crippen LogP contribution in [0.2, 0.25) is 10.0 Å². The zero-order valence-corrected chi connectivity index (χ0v) is 11.8. The molecule has 0 aliphatic carbocycles. The SMILES string of the molecule is CNC(Cc1c(Cl)cccc1Cl)c1cnn(C)c1. The fourth-order valence-corrected chi connectivity index (χ4v) is 2.49. The standard InChI is InChI=1S/C13H15Cl2N3/c1-16-13(9-7-17-18(2)8-9)6-10-11(14)4-3-5-12(10)15/h3-5,7-8,13,16H,6H2,1-2H3. The predicted molar refractivity (Wildman–Crippen MR) is 75.2 cm³/mol. The first-order chi connectivity index (χ1) is 8.61. The fraction of sp³-hybridized carbons (Fsp3) is 0.308. The molecule has 3 nitrogen and oxygen atoms in total. The lowest BCUT2D eigenvalue weighted by molar-refractivity contribution is 0.591. The van der Waals surface area contributed by atoms with Crippen LogP contribution in [-0.2, 0) is 13.5 Å². The van der Waals surface area contributed by atoms with Crippen LogP contribution in [0.4, 0.5) is 0 Å². The highest BCUT2D eigenvalue weighted by Gasteiger charge is 2.15. The van der Waals surface area contributed by atoms with Crippen LogP contribution in [0.25, 0.3) is 0 Å². The molecule has 0 bridgehead atoms. The highest BCUT2D eigenvalue weighted by atomic mass is 35.5. The van der Waals surface area contributed by atoms with E-state index in [1.54, 1.807) is 4.68 Å². The molecule has 0 radical (unpaired) electrons. The minimum Gasteiger partial charge on any atom is -0.313 e. The number of benzene rings is 1. The minimum absolute atomic E-state index is 0.149. The Morgan fingerprint density at radius 1 is 1.33 bits per heavy atom. The van der Waals surface area contributed by atoms with E-state index in [2.05, 4.69) is 10.4 Å². The first-order valence-corrected chi connectivity index (χ1v) is 6.46. The molecular weight excluding hydrogens is 269 g/mol. The third kappa shape index (κ3) is 2.86. The van der Waals surface area contributed by atoms with E-state index in [9.17, 15) is 0 Å². The van der Waals surface area contributed by atoms with Gasteiger partial charge >= 0.3 is 0 Å². The van der Waals surface area contributed by atoms with E-state index in [4.69, 9.17) is 23.2 Å². The van der Waals surface area contributed by atoms with Crippen molar-refractivity contribution in [3.8, 4) is 0 Å². The Balaban J connectivity index is 2.26. The summed E-state index contributed by atoms with van der Waals surface area (Å²) in [6, 6.07) is 5.72. The largest absolute Gasteiger partial charge is 0.313 e. The lowest BCUT2D eigenvalue weighted by atomic mass is 10.0. The van der Waals surface area contributed by atoms with Gasteiger partial charge in [-0.2, -0.15) is 5.10 Å². The van der Waals surface area contributed by atoms with Gasteiger partial charge in [0.2, 0.25) is 0 Å². The summed E-state index contributed by atoms with van der Waals surface area (Å²) in [4.78, 5) is 0. The molecule has 1 N–H and O–H groups in total. The second kappa shape index (κ2) is 5.74. The van der Waals surface area contributed by atoms with Gasteiger partial charge in [0.25, 0.3) is 0 Å². The molecule has 1 unspecified atom stereocenters. The maximum Gasteiger partial charge on any atom is 0.0537 e. The minimum atomic E-state index is 0.149. The Hall–Kier alpha value is -1.03. The van der Waals surface area contributed by atoms with Crippen LogP contribution < -0.4 is 5.32 Å². The topological polar surface area (TPSA) is 29.9 Å². The molecule has 5 heteroatoms. The molecule has 1 atom stereocenters. The number of halogens is 2. The van der Waals surface area contributed by atoms with Crippen molar-refractivity contribution in [2.75, 3.05) is 7.05 Å². The number of nitrogens with one attached hydrogen (secondary N) is 1. The highest BCUT2D eigenvalue weighted by molar-refractivity contribution is 6.36. The van der Waals surface area contributed by atoms with E-state index in [0.29, 0.717) is 10.0 Å². The Bertz CT molecular complexity index is 517. The zero-order valence-electron chi connectivity index (χ0n) is 10.3. The third-order valence-electron chi connectivity index (χ3n) is 2.95. The number of hydrogen-bond donors (Lipinski definition) is 1. The van der Waals surface area contributed by atoms with Crippen molar-refractivity contribution >= 4 is 23.2 Å². The maximum absolute atomic E-state index is 6.19. The van der Waals surface area contributed by atoms with Crippen LogP contribution in [0.3, 0.4) is 0 Å². The molecule has 0 saturated carbocycles. The summed E-state index contributed by atoms with van der Waals surface area (Å²) < 4.78 is 1.79. The predicted octanol–water partition coefficient (Wildman–Crippen LogP) is 3.23. The van der Waals surface area contributed by atoms with Crippen molar-refractivity contribution in [1.29, 1.82) is 0 Å². The smallest absolute Gasteiger partial charge is 0.0537 e. The molecule has 96 valence electrons. The van der Waals surface area contributed by atoms with Gasteiger partial charge in [0.05, 0.1) is 6.20 Å². The Morgan fingerprint density at radius 3 is 2.50 bits per heavy atom. The summed E-state index contributed by atoms with van der Waals surface area (Å²) in [6.45, 7) is 0. The van der Waals surface area contributed by atoms with Gasteiger partial charge in [0.1, 0.15) is 0 Å². The molecule has 0 aliphatic rings. The molecule has 0 fully saturated rings. The van der Waals surface area contributed by atoms with E-state index < -0.39 is 0 Å². The first kappa shape index (κ1) is 13.4. The van der Waals surface area contributed by atoms with Crippen LogP contribution in [0.15, 0.2) is 30.6 Å². The van der Waals surface area contributed by atoms with Crippen LogP contribution in [0, 0.1) is 0 Å². The Labute approximate surface area is 117 Å². The van der Waals surface area contributed by atoms with Crippen LogP contribution >= 0.6 is 23.2 Å². The van der Waals surface area contributed by atoms with Gasteiger partial charge in [-0.15, -0.1) is 0 Å². The average Bonchev–Trinajstić information content (AvgIpc) is 2.76. The van der Waals surface area contributed by atoms with Gasteiger partial charge in [-0.05, 0) is 31.2 Å².